The van der Waals surface area contributed by atoms with Crippen LogP contribution in [0.25, 0.3) is 0 Å². The quantitative estimate of drug-likeness (QED) is 0.685. The van der Waals surface area contributed by atoms with Crippen LogP contribution in [0.5, 0.6) is 0 Å². The van der Waals surface area contributed by atoms with Crippen LogP contribution in [0.15, 0.2) is 12.2 Å². The zero-order valence-corrected chi connectivity index (χ0v) is 9.79. The van der Waals surface area contributed by atoms with Crippen LogP contribution in [0.2, 0.25) is 0 Å². The van der Waals surface area contributed by atoms with Gasteiger partial charge in [0.2, 0.25) is 0 Å². The third kappa shape index (κ3) is 1.46. The van der Waals surface area contributed by atoms with Crippen LogP contribution in [-0.4, -0.2) is 23.4 Å². The molecule has 15 heavy (non-hydrogen) atoms. The predicted octanol–water partition coefficient (Wildman–Crippen LogP) is 2.11. The van der Waals surface area contributed by atoms with Crippen LogP contribution in [0.4, 0.5) is 0 Å². The van der Waals surface area contributed by atoms with Crippen molar-refractivity contribution in [3.05, 3.63) is 12.2 Å². The molecule has 1 fully saturated rings. The molecular weight excluding hydrogens is 188 g/mol. The lowest BCUT2D eigenvalue weighted by molar-refractivity contribution is -0.0335. The first-order valence-corrected chi connectivity index (χ1v) is 5.86. The van der Waals surface area contributed by atoms with E-state index in [1.165, 1.54) is 0 Å². The molecule has 0 saturated heterocycles. The molecule has 86 valence electrons. The third-order valence-electron chi connectivity index (χ3n) is 4.55. The lowest BCUT2D eigenvalue weighted by Crippen LogP contribution is -2.44. The summed E-state index contributed by atoms with van der Waals surface area (Å²) < 4.78 is 0. The van der Waals surface area contributed by atoms with Crippen molar-refractivity contribution in [1.82, 2.24) is 0 Å². The summed E-state index contributed by atoms with van der Waals surface area (Å²) in [5, 5.41) is 19.5. The van der Waals surface area contributed by atoms with Gasteiger partial charge in [-0.05, 0) is 31.1 Å². The van der Waals surface area contributed by atoms with Gasteiger partial charge in [-0.25, -0.2) is 0 Å². The smallest absolute Gasteiger partial charge is 0.0496 e. The fourth-order valence-electron chi connectivity index (χ4n) is 4.04. The van der Waals surface area contributed by atoms with Gasteiger partial charge in [-0.2, -0.15) is 0 Å². The van der Waals surface area contributed by atoms with Gasteiger partial charge >= 0.3 is 0 Å². The van der Waals surface area contributed by atoms with Crippen molar-refractivity contribution in [3.8, 4) is 0 Å². The minimum atomic E-state index is -0.0694. The Morgan fingerprint density at radius 2 is 1.33 bits per heavy atom. The highest BCUT2D eigenvalue weighted by Gasteiger charge is 2.59. The fourth-order valence-corrected chi connectivity index (χ4v) is 4.04. The Morgan fingerprint density at radius 1 is 0.933 bits per heavy atom. The molecule has 2 aliphatic carbocycles. The first kappa shape index (κ1) is 11.2. The molecule has 0 spiro atoms. The normalized spacial score (nSPS) is 42.9. The van der Waals surface area contributed by atoms with Gasteiger partial charge in [0.25, 0.3) is 0 Å². The number of hydrogen-bond donors (Lipinski definition) is 2. The van der Waals surface area contributed by atoms with E-state index >= 15 is 0 Å². The molecule has 0 heterocycles. The summed E-state index contributed by atoms with van der Waals surface area (Å²) in [5.74, 6) is 0. The highest BCUT2D eigenvalue weighted by molar-refractivity contribution is 5.16. The van der Waals surface area contributed by atoms with Crippen molar-refractivity contribution in [2.75, 3.05) is 13.2 Å². The minimum Gasteiger partial charge on any atom is -0.396 e. The molecule has 1 saturated carbocycles. The fraction of sp³-hybridized carbons (Fsp3) is 0.846. The summed E-state index contributed by atoms with van der Waals surface area (Å²) in [5.41, 5.74) is 0.109. The van der Waals surface area contributed by atoms with E-state index in [0.717, 1.165) is 25.7 Å². The second-order valence-electron chi connectivity index (χ2n) is 6.27. The van der Waals surface area contributed by atoms with Gasteiger partial charge < -0.3 is 10.2 Å². The summed E-state index contributed by atoms with van der Waals surface area (Å²) in [6.07, 6.45) is 8.25. The van der Waals surface area contributed by atoms with Crippen molar-refractivity contribution in [2.24, 2.45) is 16.2 Å². The summed E-state index contributed by atoms with van der Waals surface area (Å²) >= 11 is 0. The maximum absolute atomic E-state index is 9.74. The molecule has 0 aromatic carbocycles. The molecule has 2 aliphatic rings. The van der Waals surface area contributed by atoms with E-state index in [1.807, 2.05) is 0 Å². The zero-order chi connectivity index (χ0) is 11.2. The molecule has 0 aromatic rings. The molecule has 0 amide bonds. The topological polar surface area (TPSA) is 40.5 Å². The number of aliphatic hydroxyl groups is 2. The molecule has 2 atom stereocenters. The van der Waals surface area contributed by atoms with Gasteiger partial charge in [0.05, 0.1) is 0 Å². The Labute approximate surface area is 92.0 Å². The standard InChI is InChI=1S/C13H22O2/c1-11(2)7-12(9-14)5-3-4-6-13(12,8-11)10-15/h3-4,14-15H,5-10H2,1-2H3/t12-,13+. The maximum atomic E-state index is 9.74. The monoisotopic (exact) mass is 210 g/mol. The van der Waals surface area contributed by atoms with Gasteiger partial charge in [-0.1, -0.05) is 26.0 Å². The SMILES string of the molecule is CC1(C)C[C@]2(CO)CC=CC[C@]2(CO)C1. The van der Waals surface area contributed by atoms with E-state index in [0.29, 0.717) is 0 Å². The first-order chi connectivity index (χ1) is 6.99. The Balaban J connectivity index is 2.41. The van der Waals surface area contributed by atoms with Crippen LogP contribution < -0.4 is 0 Å². The molecule has 2 N–H and O–H groups in total. The van der Waals surface area contributed by atoms with E-state index in [2.05, 4.69) is 26.0 Å². The van der Waals surface area contributed by atoms with Gasteiger partial charge in [0.1, 0.15) is 0 Å². The number of aliphatic hydroxyl groups excluding tert-OH is 2. The average molecular weight is 210 g/mol. The van der Waals surface area contributed by atoms with E-state index in [4.69, 9.17) is 0 Å². The number of allylic oxidation sites excluding steroid dienone is 2. The number of hydrogen-bond acceptors (Lipinski definition) is 2. The maximum Gasteiger partial charge on any atom is 0.0496 e. The van der Waals surface area contributed by atoms with Gasteiger partial charge in [-0.15, -0.1) is 0 Å². The van der Waals surface area contributed by atoms with Crippen molar-refractivity contribution in [3.63, 3.8) is 0 Å². The molecule has 0 unspecified atom stereocenters. The number of fused-ring (bicyclic) bond motifs is 1. The van der Waals surface area contributed by atoms with E-state index < -0.39 is 0 Å². The molecule has 2 nitrogen and oxygen atoms in total. The van der Waals surface area contributed by atoms with Gasteiger partial charge in [0.15, 0.2) is 0 Å². The van der Waals surface area contributed by atoms with Crippen molar-refractivity contribution in [2.45, 2.75) is 39.5 Å². The molecule has 0 radical (unpaired) electrons. The van der Waals surface area contributed by atoms with Crippen LogP contribution in [-0.2, 0) is 0 Å². The predicted molar refractivity (Wildman–Crippen MR) is 60.4 cm³/mol. The lowest BCUT2D eigenvalue weighted by Gasteiger charge is -2.45. The minimum absolute atomic E-state index is 0.0694. The molecule has 0 aliphatic heterocycles. The highest BCUT2D eigenvalue weighted by Crippen LogP contribution is 2.64. The molecular formula is C13H22O2. The Morgan fingerprint density at radius 3 is 1.67 bits per heavy atom. The third-order valence-corrected chi connectivity index (χ3v) is 4.55. The van der Waals surface area contributed by atoms with E-state index in [-0.39, 0.29) is 29.5 Å². The second-order valence-corrected chi connectivity index (χ2v) is 6.27. The molecule has 0 aromatic heterocycles. The van der Waals surface area contributed by atoms with E-state index in [9.17, 15) is 10.2 Å². The second kappa shape index (κ2) is 3.33. The Bertz CT molecular complexity index is 256. The van der Waals surface area contributed by atoms with Crippen LogP contribution >= 0.6 is 0 Å². The number of rotatable bonds is 2. The summed E-state index contributed by atoms with van der Waals surface area (Å²) in [6.45, 7) is 4.92. The van der Waals surface area contributed by atoms with Crippen LogP contribution in [0, 0.1) is 16.2 Å². The summed E-state index contributed by atoms with van der Waals surface area (Å²) in [6, 6.07) is 0. The van der Waals surface area contributed by atoms with Gasteiger partial charge in [0, 0.05) is 24.0 Å². The Hall–Kier alpha value is -0.340. The first-order valence-electron chi connectivity index (χ1n) is 5.86. The van der Waals surface area contributed by atoms with Crippen molar-refractivity contribution < 1.29 is 10.2 Å². The largest absolute Gasteiger partial charge is 0.396 e. The average Bonchev–Trinajstić information content (AvgIpc) is 2.45. The van der Waals surface area contributed by atoms with Crippen molar-refractivity contribution >= 4 is 0 Å². The van der Waals surface area contributed by atoms with E-state index in [1.54, 1.807) is 0 Å². The molecule has 0 bridgehead atoms. The van der Waals surface area contributed by atoms with Gasteiger partial charge in [-0.3, -0.25) is 0 Å². The molecule has 2 heteroatoms. The Kier molecular flexibility index (Phi) is 2.47. The summed E-state index contributed by atoms with van der Waals surface area (Å²) in [4.78, 5) is 0. The van der Waals surface area contributed by atoms with Crippen LogP contribution in [0.1, 0.15) is 39.5 Å². The van der Waals surface area contributed by atoms with Crippen LogP contribution in [0.3, 0.4) is 0 Å². The van der Waals surface area contributed by atoms with Crippen molar-refractivity contribution in [1.29, 1.82) is 0 Å². The zero-order valence-electron chi connectivity index (χ0n) is 9.79. The lowest BCUT2D eigenvalue weighted by atomic mass is 9.60. The summed E-state index contributed by atoms with van der Waals surface area (Å²) in [7, 11) is 0. The molecule has 2 rings (SSSR count). The highest BCUT2D eigenvalue weighted by atomic mass is 16.3.